The van der Waals surface area contributed by atoms with Gasteiger partial charge in [0.2, 0.25) is 5.91 Å². The van der Waals surface area contributed by atoms with Crippen molar-refractivity contribution in [2.45, 2.75) is 35.7 Å². The Hall–Kier alpha value is -2.25. The molecule has 1 aliphatic heterocycles. The molecule has 1 heterocycles. The predicted molar refractivity (Wildman–Crippen MR) is 113 cm³/mol. The molecule has 160 valence electrons. The summed E-state index contributed by atoms with van der Waals surface area (Å²) in [6, 6.07) is 11.7. The van der Waals surface area contributed by atoms with Crippen molar-refractivity contribution in [2.75, 3.05) is 26.3 Å². The first-order valence-electron chi connectivity index (χ1n) is 9.78. The average Bonchev–Trinajstić information content (AvgIpc) is 2.73. The van der Waals surface area contributed by atoms with Crippen LogP contribution >= 0.6 is 11.8 Å². The topological polar surface area (TPSA) is 29.5 Å². The number of amides is 1. The van der Waals surface area contributed by atoms with E-state index in [4.69, 9.17) is 4.74 Å². The zero-order valence-electron chi connectivity index (χ0n) is 16.9. The molecule has 1 saturated heterocycles. The number of ether oxygens (including phenoxy) is 1. The van der Waals surface area contributed by atoms with Gasteiger partial charge in [-0.1, -0.05) is 49.9 Å². The molecule has 30 heavy (non-hydrogen) atoms. The summed E-state index contributed by atoms with van der Waals surface area (Å²) < 4.78 is 46.5. The van der Waals surface area contributed by atoms with Gasteiger partial charge in [0.05, 0.1) is 18.8 Å². The molecule has 3 rings (SSSR count). The van der Waals surface area contributed by atoms with E-state index in [-0.39, 0.29) is 16.7 Å². The molecule has 1 fully saturated rings. The molecular weight excluding hydrogens is 411 g/mol. The van der Waals surface area contributed by atoms with Crippen LogP contribution in [0.25, 0.3) is 6.08 Å². The molecule has 0 aliphatic carbocycles. The molecule has 2 aromatic rings. The van der Waals surface area contributed by atoms with Gasteiger partial charge in [0.25, 0.3) is 0 Å². The number of halogens is 3. The van der Waals surface area contributed by atoms with E-state index < -0.39 is 11.7 Å². The summed E-state index contributed by atoms with van der Waals surface area (Å²) in [6.07, 6.45) is -1.74. The van der Waals surface area contributed by atoms with Crippen molar-refractivity contribution in [3.63, 3.8) is 0 Å². The molecule has 7 heteroatoms. The van der Waals surface area contributed by atoms with Gasteiger partial charge in [-0.2, -0.15) is 13.2 Å². The summed E-state index contributed by atoms with van der Waals surface area (Å²) in [7, 11) is 0. The summed E-state index contributed by atoms with van der Waals surface area (Å²) in [5.74, 6) is -0.0207. The highest BCUT2D eigenvalue weighted by atomic mass is 32.2. The van der Waals surface area contributed by atoms with E-state index in [1.807, 2.05) is 38.1 Å². The van der Waals surface area contributed by atoms with Gasteiger partial charge in [0.15, 0.2) is 0 Å². The maximum atomic E-state index is 13.8. The molecule has 0 unspecified atom stereocenters. The Morgan fingerprint density at radius 2 is 1.80 bits per heavy atom. The number of rotatable bonds is 5. The maximum Gasteiger partial charge on any atom is 0.417 e. The number of morpholine rings is 1. The summed E-state index contributed by atoms with van der Waals surface area (Å²) in [5, 5.41) is 0. The monoisotopic (exact) mass is 435 g/mol. The van der Waals surface area contributed by atoms with E-state index in [1.165, 1.54) is 18.2 Å². The van der Waals surface area contributed by atoms with E-state index in [9.17, 15) is 18.0 Å². The van der Waals surface area contributed by atoms with Crippen LogP contribution in [0.2, 0.25) is 0 Å². The fraction of sp³-hybridized carbons (Fsp3) is 0.348. The smallest absolute Gasteiger partial charge is 0.378 e. The van der Waals surface area contributed by atoms with Crippen molar-refractivity contribution in [3.05, 3.63) is 65.2 Å². The van der Waals surface area contributed by atoms with Crippen molar-refractivity contribution < 1.29 is 22.7 Å². The van der Waals surface area contributed by atoms with Crippen LogP contribution in [0.3, 0.4) is 0 Å². The normalized spacial score (nSPS) is 15.2. The molecular formula is C23H24F3NO2S. The Bertz CT molecular complexity index is 919. The lowest BCUT2D eigenvalue weighted by Crippen LogP contribution is -2.39. The van der Waals surface area contributed by atoms with Crippen molar-refractivity contribution in [3.8, 4) is 0 Å². The summed E-state index contributed by atoms with van der Waals surface area (Å²) >= 11 is 1.12. The summed E-state index contributed by atoms with van der Waals surface area (Å²) in [6.45, 7) is 5.96. The fourth-order valence-corrected chi connectivity index (χ4v) is 4.41. The lowest BCUT2D eigenvalue weighted by atomic mass is 10.0. The van der Waals surface area contributed by atoms with E-state index >= 15 is 0 Å². The third-order valence-corrected chi connectivity index (χ3v) is 5.98. The number of nitrogens with zero attached hydrogens (tertiary/aromatic N) is 1. The largest absolute Gasteiger partial charge is 0.417 e. The molecule has 2 aromatic carbocycles. The van der Waals surface area contributed by atoms with Crippen LogP contribution in [-0.4, -0.2) is 37.1 Å². The van der Waals surface area contributed by atoms with E-state index in [0.717, 1.165) is 28.3 Å². The SMILES string of the molecule is CC(C)c1ccccc1Sc1ccc(/C=C/C(=O)N2CCOCC2)cc1C(F)(F)F. The fourth-order valence-electron chi connectivity index (χ4n) is 3.19. The number of hydrogen-bond donors (Lipinski definition) is 0. The van der Waals surface area contributed by atoms with Gasteiger partial charge in [0.1, 0.15) is 0 Å². The first-order chi connectivity index (χ1) is 14.3. The van der Waals surface area contributed by atoms with Crippen molar-refractivity contribution in [1.82, 2.24) is 4.90 Å². The second kappa shape index (κ2) is 9.71. The van der Waals surface area contributed by atoms with Gasteiger partial charge in [-0.15, -0.1) is 0 Å². The summed E-state index contributed by atoms with van der Waals surface area (Å²) in [4.78, 5) is 14.8. The van der Waals surface area contributed by atoms with Gasteiger partial charge in [-0.25, -0.2) is 0 Å². The quantitative estimate of drug-likeness (QED) is 0.552. The molecule has 1 aliphatic rings. The highest BCUT2D eigenvalue weighted by Gasteiger charge is 2.34. The first kappa shape index (κ1) is 22.4. The minimum atomic E-state index is -4.49. The van der Waals surface area contributed by atoms with Crippen molar-refractivity contribution in [1.29, 1.82) is 0 Å². The minimum absolute atomic E-state index is 0.146. The molecule has 0 aromatic heterocycles. The van der Waals surface area contributed by atoms with E-state index in [0.29, 0.717) is 31.9 Å². The van der Waals surface area contributed by atoms with Crippen LogP contribution in [-0.2, 0) is 15.7 Å². The number of carbonyl (C=O) groups excluding carboxylic acids is 1. The number of benzene rings is 2. The highest BCUT2D eigenvalue weighted by Crippen LogP contribution is 2.42. The maximum absolute atomic E-state index is 13.8. The van der Waals surface area contributed by atoms with Gasteiger partial charge in [-0.05, 0) is 41.3 Å². The van der Waals surface area contributed by atoms with Crippen molar-refractivity contribution >= 4 is 23.7 Å². The Balaban J connectivity index is 1.86. The lowest BCUT2D eigenvalue weighted by molar-refractivity contribution is -0.139. The predicted octanol–water partition coefficient (Wildman–Crippen LogP) is 5.85. The Morgan fingerprint density at radius 1 is 1.10 bits per heavy atom. The third kappa shape index (κ3) is 5.67. The zero-order chi connectivity index (χ0) is 21.7. The van der Waals surface area contributed by atoms with Crippen LogP contribution in [0.1, 0.15) is 36.5 Å². The van der Waals surface area contributed by atoms with Gasteiger partial charge >= 0.3 is 6.18 Å². The van der Waals surface area contributed by atoms with Gasteiger partial charge in [0, 0.05) is 29.0 Å². The first-order valence-corrected chi connectivity index (χ1v) is 10.6. The molecule has 0 N–H and O–H groups in total. The molecule has 0 spiro atoms. The van der Waals surface area contributed by atoms with Crippen LogP contribution in [0, 0.1) is 0 Å². The molecule has 3 nitrogen and oxygen atoms in total. The molecule has 1 amide bonds. The standard InChI is InChI=1S/C23H24F3NO2S/c1-16(2)18-5-3-4-6-20(18)30-21-9-7-17(15-19(21)23(24,25)26)8-10-22(28)27-11-13-29-14-12-27/h3-10,15-16H,11-14H2,1-2H3/b10-8+. The zero-order valence-corrected chi connectivity index (χ0v) is 17.7. The Morgan fingerprint density at radius 3 is 2.47 bits per heavy atom. The Kier molecular flexibility index (Phi) is 7.26. The lowest BCUT2D eigenvalue weighted by Gasteiger charge is -2.25. The number of hydrogen-bond acceptors (Lipinski definition) is 3. The van der Waals surface area contributed by atoms with Crippen molar-refractivity contribution in [2.24, 2.45) is 0 Å². The van der Waals surface area contributed by atoms with Gasteiger partial charge in [-0.3, -0.25) is 4.79 Å². The van der Waals surface area contributed by atoms with Crippen LogP contribution in [0.4, 0.5) is 13.2 Å². The molecule has 0 atom stereocenters. The number of alkyl halides is 3. The second-order valence-corrected chi connectivity index (χ2v) is 8.40. The van der Waals surface area contributed by atoms with Gasteiger partial charge < -0.3 is 9.64 Å². The van der Waals surface area contributed by atoms with E-state index in [2.05, 4.69) is 0 Å². The molecule has 0 bridgehead atoms. The third-order valence-electron chi connectivity index (χ3n) is 4.81. The Labute approximate surface area is 178 Å². The summed E-state index contributed by atoms with van der Waals surface area (Å²) in [5.41, 5.74) is 0.646. The minimum Gasteiger partial charge on any atom is -0.378 e. The van der Waals surface area contributed by atoms with E-state index in [1.54, 1.807) is 11.0 Å². The average molecular weight is 436 g/mol. The highest BCUT2D eigenvalue weighted by molar-refractivity contribution is 7.99. The van der Waals surface area contributed by atoms with Crippen LogP contribution < -0.4 is 0 Å². The molecule has 0 saturated carbocycles. The number of carbonyl (C=O) groups is 1. The van der Waals surface area contributed by atoms with Crippen LogP contribution in [0.5, 0.6) is 0 Å². The molecule has 0 radical (unpaired) electrons. The second-order valence-electron chi connectivity index (χ2n) is 7.32. The van der Waals surface area contributed by atoms with Crippen LogP contribution in [0.15, 0.2) is 58.3 Å².